The number of hydrogen-bond acceptors (Lipinski definition) is 5. The molecule has 7 nitrogen and oxygen atoms in total. The third kappa shape index (κ3) is 4.07. The Balaban J connectivity index is 1.85. The first kappa shape index (κ1) is 14.6. The molecule has 1 aromatic heterocycles. The highest BCUT2D eigenvalue weighted by molar-refractivity contribution is 5.85. The number of hydrogen-bond donors (Lipinski definition) is 2. The molecule has 0 saturated carbocycles. The van der Waals surface area contributed by atoms with E-state index >= 15 is 0 Å². The Morgan fingerprint density at radius 1 is 1.38 bits per heavy atom. The van der Waals surface area contributed by atoms with Gasteiger partial charge in [0.05, 0.1) is 6.04 Å². The number of nitrogens with zero attached hydrogens (tertiary/aromatic N) is 1. The summed E-state index contributed by atoms with van der Waals surface area (Å²) in [7, 11) is 0. The van der Waals surface area contributed by atoms with Crippen LogP contribution in [0.5, 0.6) is 0 Å². The highest BCUT2D eigenvalue weighted by atomic mass is 16.5. The van der Waals surface area contributed by atoms with Crippen molar-refractivity contribution in [1.82, 2.24) is 10.5 Å². The Bertz CT molecular complexity index is 623. The fourth-order valence-electron chi connectivity index (χ4n) is 1.61. The van der Waals surface area contributed by atoms with Crippen molar-refractivity contribution in [3.8, 4) is 0 Å². The largest absolute Gasteiger partial charge is 0.476 e. The smallest absolute Gasteiger partial charge is 0.408 e. The zero-order valence-electron chi connectivity index (χ0n) is 11.3. The van der Waals surface area contributed by atoms with Gasteiger partial charge in [-0.2, -0.15) is 0 Å². The minimum atomic E-state index is -1.19. The predicted molar refractivity (Wildman–Crippen MR) is 71.6 cm³/mol. The zero-order chi connectivity index (χ0) is 15.2. The van der Waals surface area contributed by atoms with Crippen molar-refractivity contribution in [2.45, 2.75) is 19.6 Å². The lowest BCUT2D eigenvalue weighted by molar-refractivity contribution is 0.0685. The lowest BCUT2D eigenvalue weighted by Gasteiger charge is -2.11. The quantitative estimate of drug-likeness (QED) is 0.876. The monoisotopic (exact) mass is 290 g/mol. The first-order valence-corrected chi connectivity index (χ1v) is 6.23. The summed E-state index contributed by atoms with van der Waals surface area (Å²) in [5.41, 5.74) is 0.657. The SMILES string of the molecule is CC(NC(=O)OCc1ccccc1)c1cc(C(=O)O)no1. The van der Waals surface area contributed by atoms with Crippen LogP contribution in [0.1, 0.15) is 34.8 Å². The number of ether oxygens (including phenoxy) is 1. The van der Waals surface area contributed by atoms with Gasteiger partial charge in [0.25, 0.3) is 0 Å². The van der Waals surface area contributed by atoms with Crippen LogP contribution in [0.15, 0.2) is 40.9 Å². The Morgan fingerprint density at radius 2 is 2.10 bits per heavy atom. The summed E-state index contributed by atoms with van der Waals surface area (Å²) < 4.78 is 9.90. The van der Waals surface area contributed by atoms with Gasteiger partial charge in [0.1, 0.15) is 6.61 Å². The maximum atomic E-state index is 11.6. The molecule has 2 N–H and O–H groups in total. The van der Waals surface area contributed by atoms with Crippen molar-refractivity contribution in [3.63, 3.8) is 0 Å². The molecule has 1 aromatic carbocycles. The van der Waals surface area contributed by atoms with Crippen molar-refractivity contribution in [2.75, 3.05) is 0 Å². The standard InChI is InChI=1S/C14H14N2O5/c1-9(12-7-11(13(17)18)16-21-12)15-14(19)20-8-10-5-3-2-4-6-10/h2-7,9H,8H2,1H3,(H,15,19)(H,17,18). The van der Waals surface area contributed by atoms with E-state index in [9.17, 15) is 9.59 Å². The molecule has 0 bridgehead atoms. The van der Waals surface area contributed by atoms with Crippen LogP contribution in [-0.2, 0) is 11.3 Å². The lowest BCUT2D eigenvalue weighted by atomic mass is 10.2. The molecule has 0 aliphatic rings. The van der Waals surface area contributed by atoms with Gasteiger partial charge < -0.3 is 19.7 Å². The first-order valence-electron chi connectivity index (χ1n) is 6.23. The van der Waals surface area contributed by atoms with E-state index in [1.54, 1.807) is 6.92 Å². The molecule has 1 unspecified atom stereocenters. The molecule has 2 aromatic rings. The number of aromatic carboxylic acids is 1. The van der Waals surface area contributed by atoms with E-state index < -0.39 is 18.1 Å². The van der Waals surface area contributed by atoms with Crippen LogP contribution in [0, 0.1) is 0 Å². The fourth-order valence-corrected chi connectivity index (χ4v) is 1.61. The average molecular weight is 290 g/mol. The van der Waals surface area contributed by atoms with E-state index in [4.69, 9.17) is 14.4 Å². The van der Waals surface area contributed by atoms with Gasteiger partial charge in [-0.25, -0.2) is 9.59 Å². The molecule has 7 heteroatoms. The van der Waals surface area contributed by atoms with Crippen molar-refractivity contribution in [2.24, 2.45) is 0 Å². The van der Waals surface area contributed by atoms with Gasteiger partial charge >= 0.3 is 12.1 Å². The second-order valence-corrected chi connectivity index (χ2v) is 4.35. The van der Waals surface area contributed by atoms with Crippen molar-refractivity contribution >= 4 is 12.1 Å². The molecule has 0 radical (unpaired) electrons. The summed E-state index contributed by atoms with van der Waals surface area (Å²) in [6.45, 7) is 1.78. The number of aromatic nitrogens is 1. The number of carbonyl (C=O) groups excluding carboxylic acids is 1. The number of alkyl carbamates (subject to hydrolysis) is 1. The maximum absolute atomic E-state index is 11.6. The molecule has 0 fully saturated rings. The van der Waals surface area contributed by atoms with Crippen molar-refractivity contribution in [3.05, 3.63) is 53.4 Å². The molecule has 2 rings (SSSR count). The Hall–Kier alpha value is -2.83. The molecule has 0 aliphatic carbocycles. The van der Waals surface area contributed by atoms with Gasteiger partial charge in [-0.15, -0.1) is 0 Å². The highest BCUT2D eigenvalue weighted by Crippen LogP contribution is 2.14. The average Bonchev–Trinajstić information content (AvgIpc) is 2.96. The van der Waals surface area contributed by atoms with Gasteiger partial charge in [0.2, 0.25) is 0 Å². The van der Waals surface area contributed by atoms with E-state index in [-0.39, 0.29) is 18.1 Å². The summed E-state index contributed by atoms with van der Waals surface area (Å²) >= 11 is 0. The van der Waals surface area contributed by atoms with Crippen molar-refractivity contribution < 1.29 is 24.0 Å². The number of carboxylic acids is 1. The molecule has 1 atom stereocenters. The number of nitrogens with one attached hydrogen (secondary N) is 1. The zero-order valence-corrected chi connectivity index (χ0v) is 11.3. The maximum Gasteiger partial charge on any atom is 0.408 e. The van der Waals surface area contributed by atoms with E-state index in [0.717, 1.165) is 5.56 Å². The molecule has 0 saturated heterocycles. The molecule has 21 heavy (non-hydrogen) atoms. The molecule has 1 amide bonds. The summed E-state index contributed by atoms with van der Waals surface area (Å²) in [5.74, 6) is -0.951. The molecule has 0 spiro atoms. The fraction of sp³-hybridized carbons (Fsp3) is 0.214. The van der Waals surface area contributed by atoms with Crippen LogP contribution in [0.2, 0.25) is 0 Å². The second kappa shape index (κ2) is 6.56. The second-order valence-electron chi connectivity index (χ2n) is 4.35. The van der Waals surface area contributed by atoms with Crippen LogP contribution in [0.4, 0.5) is 4.79 Å². The van der Waals surface area contributed by atoms with E-state index in [2.05, 4.69) is 10.5 Å². The third-order valence-electron chi connectivity index (χ3n) is 2.72. The predicted octanol–water partition coefficient (Wildman–Crippen LogP) is 2.36. The molecular weight excluding hydrogens is 276 g/mol. The topological polar surface area (TPSA) is 102 Å². The van der Waals surface area contributed by atoms with Gasteiger partial charge in [-0.1, -0.05) is 35.5 Å². The summed E-state index contributed by atoms with van der Waals surface area (Å²) in [6, 6.07) is 9.95. The third-order valence-corrected chi connectivity index (χ3v) is 2.72. The van der Waals surface area contributed by atoms with Gasteiger partial charge in [-0.3, -0.25) is 0 Å². The number of carboxylic acid groups (broad SMARTS) is 1. The summed E-state index contributed by atoms with van der Waals surface area (Å²) in [4.78, 5) is 22.3. The van der Waals surface area contributed by atoms with Gasteiger partial charge in [0, 0.05) is 6.07 Å². The van der Waals surface area contributed by atoms with Crippen LogP contribution in [-0.4, -0.2) is 22.3 Å². The minimum Gasteiger partial charge on any atom is -0.476 e. The number of benzene rings is 1. The Kier molecular flexibility index (Phi) is 4.55. The molecule has 0 aliphatic heterocycles. The highest BCUT2D eigenvalue weighted by Gasteiger charge is 2.18. The van der Waals surface area contributed by atoms with Crippen molar-refractivity contribution in [1.29, 1.82) is 0 Å². The van der Waals surface area contributed by atoms with Crippen LogP contribution < -0.4 is 5.32 Å². The van der Waals surface area contributed by atoms with E-state index in [1.165, 1.54) is 6.07 Å². The number of rotatable bonds is 5. The molecule has 1 heterocycles. The molecule has 110 valence electrons. The lowest BCUT2D eigenvalue weighted by Crippen LogP contribution is -2.27. The summed E-state index contributed by atoms with van der Waals surface area (Å²) in [6.07, 6.45) is -0.625. The van der Waals surface area contributed by atoms with Gasteiger partial charge in [0.15, 0.2) is 11.5 Å². The summed E-state index contributed by atoms with van der Waals surface area (Å²) in [5, 5.41) is 14.6. The number of carbonyl (C=O) groups is 2. The molecular formula is C14H14N2O5. The Morgan fingerprint density at radius 3 is 2.71 bits per heavy atom. The first-order chi connectivity index (χ1) is 10.1. The van der Waals surface area contributed by atoms with E-state index in [0.29, 0.717) is 0 Å². The minimum absolute atomic E-state index is 0.149. The van der Waals surface area contributed by atoms with Crippen LogP contribution >= 0.6 is 0 Å². The number of amides is 1. The van der Waals surface area contributed by atoms with Gasteiger partial charge in [-0.05, 0) is 12.5 Å². The van der Waals surface area contributed by atoms with E-state index in [1.807, 2.05) is 30.3 Å². The normalized spacial score (nSPS) is 11.7. The Labute approximate surface area is 120 Å². The van der Waals surface area contributed by atoms with Crippen LogP contribution in [0.25, 0.3) is 0 Å². The van der Waals surface area contributed by atoms with Crippen LogP contribution in [0.3, 0.4) is 0 Å².